The largest absolute Gasteiger partial charge is 0.365 e. The number of aromatic nitrogens is 4. The number of hydrogen-bond acceptors (Lipinski definition) is 5. The van der Waals surface area contributed by atoms with Crippen LogP contribution >= 0.6 is 0 Å². The molecular formula is C9H12N6. The lowest BCUT2D eigenvalue weighted by atomic mass is 10.4. The molecule has 0 aromatic carbocycles. The molecule has 1 saturated carbocycles. The number of nitrogens with two attached hydrogens (primary N) is 1. The summed E-state index contributed by atoms with van der Waals surface area (Å²) in [5.74, 6) is 0.825. The smallest absolute Gasteiger partial charge is 0.163 e. The first kappa shape index (κ1) is 8.60. The van der Waals surface area contributed by atoms with Crippen LogP contribution in [0.2, 0.25) is 0 Å². The van der Waals surface area contributed by atoms with Gasteiger partial charge in [0, 0.05) is 19.1 Å². The Bertz CT molecular complexity index is 504. The van der Waals surface area contributed by atoms with Crippen LogP contribution in [-0.4, -0.2) is 31.8 Å². The fourth-order valence-electron chi connectivity index (χ4n) is 1.63. The lowest BCUT2D eigenvalue weighted by Crippen LogP contribution is -2.14. The molecule has 2 heterocycles. The Balaban J connectivity index is 2.02. The van der Waals surface area contributed by atoms with Gasteiger partial charge in [-0.25, -0.2) is 9.97 Å². The minimum atomic E-state index is 0.256. The summed E-state index contributed by atoms with van der Waals surface area (Å²) < 4.78 is 1.73. The van der Waals surface area contributed by atoms with Crippen LogP contribution in [0.5, 0.6) is 0 Å². The molecule has 2 unspecified atom stereocenters. The van der Waals surface area contributed by atoms with Crippen molar-refractivity contribution in [1.29, 1.82) is 0 Å². The van der Waals surface area contributed by atoms with E-state index in [9.17, 15) is 0 Å². The summed E-state index contributed by atoms with van der Waals surface area (Å²) in [5.41, 5.74) is 6.57. The maximum Gasteiger partial charge on any atom is 0.163 e. The van der Waals surface area contributed by atoms with Gasteiger partial charge in [0.15, 0.2) is 5.65 Å². The zero-order valence-corrected chi connectivity index (χ0v) is 8.38. The topological polar surface area (TPSA) is 81.7 Å². The molecule has 0 radical (unpaired) electrons. The van der Waals surface area contributed by atoms with Crippen LogP contribution in [0.3, 0.4) is 0 Å². The van der Waals surface area contributed by atoms with Crippen LogP contribution < -0.4 is 11.1 Å². The second-order valence-electron chi connectivity index (χ2n) is 3.88. The number of nitrogens with zero attached hydrogens (tertiary/aromatic N) is 4. The van der Waals surface area contributed by atoms with Crippen LogP contribution in [0, 0.1) is 0 Å². The van der Waals surface area contributed by atoms with Crippen LogP contribution in [0.4, 0.5) is 5.82 Å². The predicted molar refractivity (Wildman–Crippen MR) is 56.3 cm³/mol. The Morgan fingerprint density at radius 3 is 3.07 bits per heavy atom. The summed E-state index contributed by atoms with van der Waals surface area (Å²) in [5, 5.41) is 8.38. The number of rotatable bonds is 2. The van der Waals surface area contributed by atoms with E-state index in [4.69, 9.17) is 5.73 Å². The Morgan fingerprint density at radius 1 is 1.53 bits per heavy atom. The molecule has 0 spiro atoms. The molecular weight excluding hydrogens is 192 g/mol. The Morgan fingerprint density at radius 2 is 2.33 bits per heavy atom. The minimum absolute atomic E-state index is 0.256. The van der Waals surface area contributed by atoms with Crippen molar-refractivity contribution in [1.82, 2.24) is 19.7 Å². The van der Waals surface area contributed by atoms with Crippen LogP contribution in [0.1, 0.15) is 6.42 Å². The Labute approximate surface area is 86.5 Å². The second kappa shape index (κ2) is 2.90. The van der Waals surface area contributed by atoms with Crippen molar-refractivity contribution < 1.29 is 0 Å². The molecule has 0 saturated heterocycles. The predicted octanol–water partition coefficient (Wildman–Crippen LogP) is -0.125. The van der Waals surface area contributed by atoms with E-state index in [2.05, 4.69) is 20.4 Å². The van der Waals surface area contributed by atoms with Crippen LogP contribution in [0.25, 0.3) is 11.0 Å². The van der Waals surface area contributed by atoms with Gasteiger partial charge in [0.2, 0.25) is 0 Å². The van der Waals surface area contributed by atoms with Gasteiger partial charge in [0.25, 0.3) is 0 Å². The van der Waals surface area contributed by atoms with Gasteiger partial charge in [0.05, 0.1) is 11.6 Å². The van der Waals surface area contributed by atoms with Crippen molar-refractivity contribution in [2.24, 2.45) is 12.8 Å². The fraction of sp³-hybridized carbons (Fsp3) is 0.444. The van der Waals surface area contributed by atoms with E-state index in [1.54, 1.807) is 17.2 Å². The Kier molecular flexibility index (Phi) is 1.66. The summed E-state index contributed by atoms with van der Waals surface area (Å²) in [6, 6.07) is 0.606. The molecule has 2 aromatic rings. The SMILES string of the molecule is Cn1ncc2c(NC3CC3N)ncnc21. The lowest BCUT2D eigenvalue weighted by Gasteiger charge is -2.04. The molecule has 15 heavy (non-hydrogen) atoms. The van der Waals surface area contributed by atoms with Gasteiger partial charge in [-0.3, -0.25) is 4.68 Å². The van der Waals surface area contributed by atoms with Crippen molar-refractivity contribution in [3.63, 3.8) is 0 Å². The molecule has 0 bridgehead atoms. The standard InChI is InChI=1S/C9H12N6/c1-15-9-5(3-13-15)8(11-4-12-9)14-7-2-6(7)10/h3-4,6-7H,2,10H2,1H3,(H,11,12,14). The third-order valence-corrected chi connectivity index (χ3v) is 2.69. The van der Waals surface area contributed by atoms with Crippen LogP contribution in [0.15, 0.2) is 12.5 Å². The molecule has 1 fully saturated rings. The van der Waals surface area contributed by atoms with Crippen LogP contribution in [-0.2, 0) is 7.05 Å². The lowest BCUT2D eigenvalue weighted by molar-refractivity contribution is 0.785. The van der Waals surface area contributed by atoms with Gasteiger partial charge in [-0.05, 0) is 6.42 Å². The molecule has 78 valence electrons. The number of nitrogens with one attached hydrogen (secondary N) is 1. The molecule has 3 N–H and O–H groups in total. The summed E-state index contributed by atoms with van der Waals surface area (Å²) in [7, 11) is 1.86. The third kappa shape index (κ3) is 1.33. The van der Waals surface area contributed by atoms with Gasteiger partial charge in [-0.15, -0.1) is 0 Å². The van der Waals surface area contributed by atoms with E-state index in [-0.39, 0.29) is 6.04 Å². The van der Waals surface area contributed by atoms with Gasteiger partial charge < -0.3 is 11.1 Å². The number of hydrogen-bond donors (Lipinski definition) is 2. The highest BCUT2D eigenvalue weighted by Gasteiger charge is 2.34. The molecule has 2 aromatic heterocycles. The van der Waals surface area contributed by atoms with Gasteiger partial charge >= 0.3 is 0 Å². The van der Waals surface area contributed by atoms with E-state index in [1.807, 2.05) is 7.05 Å². The van der Waals surface area contributed by atoms with E-state index in [0.29, 0.717) is 6.04 Å². The second-order valence-corrected chi connectivity index (χ2v) is 3.88. The monoisotopic (exact) mass is 204 g/mol. The fourth-order valence-corrected chi connectivity index (χ4v) is 1.63. The quantitative estimate of drug-likeness (QED) is 0.712. The van der Waals surface area contributed by atoms with E-state index >= 15 is 0 Å². The first-order chi connectivity index (χ1) is 7.25. The first-order valence-electron chi connectivity index (χ1n) is 4.90. The summed E-state index contributed by atoms with van der Waals surface area (Å²) in [4.78, 5) is 8.37. The van der Waals surface area contributed by atoms with Gasteiger partial charge in [0.1, 0.15) is 12.1 Å². The van der Waals surface area contributed by atoms with Gasteiger partial charge in [-0.2, -0.15) is 5.10 Å². The maximum atomic E-state index is 5.74. The highest BCUT2D eigenvalue weighted by atomic mass is 15.3. The van der Waals surface area contributed by atoms with E-state index in [0.717, 1.165) is 23.3 Å². The normalized spacial score (nSPS) is 24.4. The molecule has 0 amide bonds. The van der Waals surface area contributed by atoms with Crippen molar-refractivity contribution in [2.45, 2.75) is 18.5 Å². The molecule has 1 aliphatic carbocycles. The highest BCUT2D eigenvalue weighted by Crippen LogP contribution is 2.26. The highest BCUT2D eigenvalue weighted by molar-refractivity contribution is 5.86. The molecule has 2 atom stereocenters. The zero-order chi connectivity index (χ0) is 10.4. The molecule has 6 nitrogen and oxygen atoms in total. The summed E-state index contributed by atoms with van der Waals surface area (Å²) >= 11 is 0. The van der Waals surface area contributed by atoms with Crippen molar-refractivity contribution >= 4 is 16.9 Å². The Hall–Kier alpha value is -1.69. The number of aryl methyl sites for hydroxylation is 1. The van der Waals surface area contributed by atoms with Gasteiger partial charge in [-0.1, -0.05) is 0 Å². The van der Waals surface area contributed by atoms with Crippen molar-refractivity contribution in [2.75, 3.05) is 5.32 Å². The number of fused-ring (bicyclic) bond motifs is 1. The average molecular weight is 204 g/mol. The molecule has 3 rings (SSSR count). The molecule has 6 heteroatoms. The number of anilines is 1. The molecule has 0 aliphatic heterocycles. The van der Waals surface area contributed by atoms with Crippen molar-refractivity contribution in [3.05, 3.63) is 12.5 Å². The van der Waals surface area contributed by atoms with Crippen molar-refractivity contribution in [3.8, 4) is 0 Å². The minimum Gasteiger partial charge on any atom is -0.365 e. The first-order valence-corrected chi connectivity index (χ1v) is 4.90. The summed E-state index contributed by atoms with van der Waals surface area (Å²) in [6.45, 7) is 0. The third-order valence-electron chi connectivity index (χ3n) is 2.69. The zero-order valence-electron chi connectivity index (χ0n) is 8.38. The average Bonchev–Trinajstić information content (AvgIpc) is 2.77. The molecule has 1 aliphatic rings. The van der Waals surface area contributed by atoms with E-state index < -0.39 is 0 Å². The summed E-state index contributed by atoms with van der Waals surface area (Å²) in [6.07, 6.45) is 4.32. The van der Waals surface area contributed by atoms with E-state index in [1.165, 1.54) is 0 Å². The maximum absolute atomic E-state index is 5.74.